The van der Waals surface area contributed by atoms with Gasteiger partial charge in [0.05, 0.1) is 0 Å². The molecule has 0 atom stereocenters. The van der Waals surface area contributed by atoms with Gasteiger partial charge in [-0.2, -0.15) is 11.8 Å². The molecule has 0 amide bonds. The van der Waals surface area contributed by atoms with Gasteiger partial charge in [-0.05, 0) is 38.2 Å². The molecule has 0 heterocycles. The van der Waals surface area contributed by atoms with Crippen LogP contribution in [-0.4, -0.2) is 29.2 Å². The second kappa shape index (κ2) is 6.59. The lowest BCUT2D eigenvalue weighted by Crippen LogP contribution is -2.45. The van der Waals surface area contributed by atoms with Crippen LogP contribution >= 0.6 is 24.0 Å². The Balaban J connectivity index is 2.35. The predicted molar refractivity (Wildman–Crippen MR) is 73.6 cm³/mol. The van der Waals surface area contributed by atoms with Crippen molar-refractivity contribution >= 4 is 29.1 Å². The number of nitrogens with one attached hydrogen (secondary N) is 2. The highest BCUT2D eigenvalue weighted by Gasteiger charge is 2.30. The fourth-order valence-corrected chi connectivity index (χ4v) is 3.24. The summed E-state index contributed by atoms with van der Waals surface area (Å²) in [5, 5.41) is 7.28. The van der Waals surface area contributed by atoms with Crippen LogP contribution in [0.5, 0.6) is 0 Å². The second-order valence-corrected chi connectivity index (χ2v) is 5.84. The third-order valence-corrected chi connectivity index (χ3v) is 4.81. The third kappa shape index (κ3) is 4.19. The van der Waals surface area contributed by atoms with Crippen molar-refractivity contribution in [3.05, 3.63) is 0 Å². The van der Waals surface area contributed by atoms with Crippen LogP contribution in [0.25, 0.3) is 0 Å². The fraction of sp³-hybridized carbons (Fsp3) is 0.909. The van der Waals surface area contributed by atoms with Gasteiger partial charge in [0.2, 0.25) is 0 Å². The quantitative estimate of drug-likeness (QED) is 0.745. The Kier molecular flexibility index (Phi) is 5.75. The topological polar surface area (TPSA) is 24.1 Å². The van der Waals surface area contributed by atoms with E-state index in [1.54, 1.807) is 0 Å². The van der Waals surface area contributed by atoms with Crippen LogP contribution in [0.3, 0.4) is 0 Å². The largest absolute Gasteiger partial charge is 0.363 e. The van der Waals surface area contributed by atoms with Gasteiger partial charge in [0.25, 0.3) is 0 Å². The van der Waals surface area contributed by atoms with Gasteiger partial charge in [-0.1, -0.05) is 19.3 Å². The number of thioether (sulfide) groups is 1. The van der Waals surface area contributed by atoms with Crippen LogP contribution in [0.15, 0.2) is 0 Å². The fourth-order valence-electron chi connectivity index (χ4n) is 2.11. The first kappa shape index (κ1) is 13.1. The molecule has 0 aromatic rings. The minimum Gasteiger partial charge on any atom is -0.363 e. The van der Waals surface area contributed by atoms with Gasteiger partial charge in [0.1, 0.15) is 0 Å². The number of hydrogen-bond acceptors (Lipinski definition) is 2. The zero-order valence-corrected chi connectivity index (χ0v) is 11.4. The molecule has 0 aromatic carbocycles. The van der Waals surface area contributed by atoms with Gasteiger partial charge in [-0.25, -0.2) is 0 Å². The van der Waals surface area contributed by atoms with Gasteiger partial charge >= 0.3 is 0 Å². The molecule has 0 bridgehead atoms. The molecule has 0 unspecified atom stereocenters. The summed E-state index contributed by atoms with van der Waals surface area (Å²) in [6.07, 6.45) is 9.03. The van der Waals surface area contributed by atoms with E-state index < -0.39 is 0 Å². The molecule has 1 rings (SSSR count). The van der Waals surface area contributed by atoms with Crippen molar-refractivity contribution in [2.45, 2.75) is 43.8 Å². The third-order valence-electron chi connectivity index (χ3n) is 3.11. The van der Waals surface area contributed by atoms with Crippen LogP contribution in [0, 0.1) is 0 Å². The highest BCUT2D eigenvalue weighted by Crippen LogP contribution is 2.37. The number of rotatable bonds is 4. The van der Waals surface area contributed by atoms with E-state index in [1.807, 2.05) is 11.8 Å². The molecule has 88 valence electrons. The molecule has 2 N–H and O–H groups in total. The van der Waals surface area contributed by atoms with E-state index in [1.165, 1.54) is 32.1 Å². The van der Waals surface area contributed by atoms with E-state index in [9.17, 15) is 0 Å². The average Bonchev–Trinajstić information content (AvgIpc) is 2.28. The molecule has 4 heteroatoms. The van der Waals surface area contributed by atoms with Crippen molar-refractivity contribution in [2.75, 3.05) is 19.3 Å². The van der Waals surface area contributed by atoms with Gasteiger partial charge < -0.3 is 10.6 Å². The molecule has 2 nitrogen and oxygen atoms in total. The van der Waals surface area contributed by atoms with Crippen LogP contribution in [-0.2, 0) is 0 Å². The average molecular weight is 246 g/mol. The van der Waals surface area contributed by atoms with Crippen molar-refractivity contribution in [1.29, 1.82) is 0 Å². The number of thiocarbonyl (C=S) groups is 1. The van der Waals surface area contributed by atoms with E-state index in [0.717, 1.165) is 18.2 Å². The normalized spacial score (nSPS) is 19.6. The van der Waals surface area contributed by atoms with Crippen LogP contribution in [0.2, 0.25) is 0 Å². The first-order valence-corrected chi connectivity index (χ1v) is 7.42. The summed E-state index contributed by atoms with van der Waals surface area (Å²) in [7, 11) is 0. The van der Waals surface area contributed by atoms with Crippen LogP contribution < -0.4 is 10.6 Å². The van der Waals surface area contributed by atoms with Crippen LogP contribution in [0.4, 0.5) is 0 Å². The second-order valence-electron chi connectivity index (χ2n) is 4.16. The summed E-state index contributed by atoms with van der Waals surface area (Å²) in [5.74, 6) is 0. The lowest BCUT2D eigenvalue weighted by molar-refractivity contribution is 0.394. The molecule has 1 saturated carbocycles. The van der Waals surface area contributed by atoms with Crippen molar-refractivity contribution in [3.63, 3.8) is 0 Å². The Hall–Kier alpha value is 0.0400. The molecule has 1 fully saturated rings. The van der Waals surface area contributed by atoms with Crippen LogP contribution in [0.1, 0.15) is 39.0 Å². The minimum atomic E-state index is 0.428. The van der Waals surface area contributed by atoms with E-state index in [-0.39, 0.29) is 0 Å². The van der Waals surface area contributed by atoms with Crippen molar-refractivity contribution < 1.29 is 0 Å². The molecule has 0 aromatic heterocycles. The summed E-state index contributed by atoms with van der Waals surface area (Å²) < 4.78 is 0.428. The van der Waals surface area contributed by atoms with Gasteiger partial charge in [0.15, 0.2) is 5.11 Å². The maximum Gasteiger partial charge on any atom is 0.166 e. The monoisotopic (exact) mass is 246 g/mol. The Labute approximate surface area is 103 Å². The van der Waals surface area contributed by atoms with E-state index in [0.29, 0.717) is 4.75 Å². The summed E-state index contributed by atoms with van der Waals surface area (Å²) in [6, 6.07) is 0. The van der Waals surface area contributed by atoms with E-state index in [4.69, 9.17) is 12.2 Å². The Morgan fingerprint density at radius 3 is 2.47 bits per heavy atom. The van der Waals surface area contributed by atoms with Gasteiger partial charge in [-0.3, -0.25) is 0 Å². The Morgan fingerprint density at radius 1 is 1.27 bits per heavy atom. The van der Waals surface area contributed by atoms with Crippen molar-refractivity contribution in [2.24, 2.45) is 0 Å². The molecule has 1 aliphatic rings. The lowest BCUT2D eigenvalue weighted by atomic mass is 9.88. The molecule has 0 spiro atoms. The zero-order chi connectivity index (χ0) is 11.1. The lowest BCUT2D eigenvalue weighted by Gasteiger charge is -2.36. The highest BCUT2D eigenvalue weighted by molar-refractivity contribution is 8.00. The van der Waals surface area contributed by atoms with Gasteiger partial charge in [-0.15, -0.1) is 0 Å². The highest BCUT2D eigenvalue weighted by atomic mass is 32.2. The SMILES string of the molecule is CCNC(=S)NCC1(SC)CCCCC1. The van der Waals surface area contributed by atoms with Crippen molar-refractivity contribution in [3.8, 4) is 0 Å². The summed E-state index contributed by atoms with van der Waals surface area (Å²) in [4.78, 5) is 0. The standard InChI is InChI=1S/C11H22N2S2/c1-3-12-10(14)13-9-11(15-2)7-5-4-6-8-11/h3-9H2,1-2H3,(H2,12,13,14). The first-order valence-electron chi connectivity index (χ1n) is 5.79. The number of hydrogen-bond donors (Lipinski definition) is 2. The van der Waals surface area contributed by atoms with Crippen molar-refractivity contribution in [1.82, 2.24) is 10.6 Å². The van der Waals surface area contributed by atoms with E-state index >= 15 is 0 Å². The molecule has 0 radical (unpaired) electrons. The Bertz CT molecular complexity index is 201. The maximum absolute atomic E-state index is 5.19. The molecule has 15 heavy (non-hydrogen) atoms. The summed E-state index contributed by atoms with van der Waals surface area (Å²) in [6.45, 7) is 3.98. The smallest absolute Gasteiger partial charge is 0.166 e. The molecule has 1 aliphatic carbocycles. The molecular formula is C11H22N2S2. The predicted octanol–water partition coefficient (Wildman–Crippen LogP) is 2.54. The van der Waals surface area contributed by atoms with E-state index in [2.05, 4.69) is 23.8 Å². The minimum absolute atomic E-state index is 0.428. The maximum atomic E-state index is 5.19. The zero-order valence-electron chi connectivity index (χ0n) is 9.77. The summed E-state index contributed by atoms with van der Waals surface area (Å²) >= 11 is 7.19. The Morgan fingerprint density at radius 2 is 1.93 bits per heavy atom. The van der Waals surface area contributed by atoms with Gasteiger partial charge in [0, 0.05) is 17.8 Å². The molecular weight excluding hydrogens is 224 g/mol. The first-order chi connectivity index (χ1) is 7.22. The molecule has 0 saturated heterocycles. The summed E-state index contributed by atoms with van der Waals surface area (Å²) in [5.41, 5.74) is 0. The molecule has 0 aliphatic heterocycles.